The predicted octanol–water partition coefficient (Wildman–Crippen LogP) is -0.459. The first-order chi connectivity index (χ1) is 17.5. The maximum absolute atomic E-state index is 12.7. The smallest absolute Gasteiger partial charge is 0.442 e. The molecule has 0 spiro atoms. The van der Waals surface area contributed by atoms with Crippen molar-refractivity contribution in [3.8, 4) is 0 Å². The zero-order valence-corrected chi connectivity index (χ0v) is 19.3. The van der Waals surface area contributed by atoms with Crippen molar-refractivity contribution in [3.63, 3.8) is 0 Å². The van der Waals surface area contributed by atoms with E-state index in [1.165, 1.54) is 48.5 Å². The highest BCUT2D eigenvalue weighted by Crippen LogP contribution is 2.53. The minimum atomic E-state index is -4.56. The van der Waals surface area contributed by atoms with Crippen LogP contribution in [0.2, 0.25) is 0 Å². The number of alkyl halides is 6. The molecule has 0 radical (unpaired) electrons. The van der Waals surface area contributed by atoms with E-state index in [4.69, 9.17) is 0 Å². The van der Waals surface area contributed by atoms with Crippen molar-refractivity contribution >= 4 is 11.9 Å². The normalized spacial score (nSPS) is 18.1. The van der Waals surface area contributed by atoms with Gasteiger partial charge in [0.05, 0.1) is 11.9 Å². The second kappa shape index (κ2) is 10.1. The molecule has 0 saturated heterocycles. The van der Waals surface area contributed by atoms with Gasteiger partial charge in [0.2, 0.25) is 0 Å². The lowest BCUT2D eigenvalue weighted by molar-refractivity contribution is -0.437. The molecule has 16 heteroatoms. The van der Waals surface area contributed by atoms with E-state index in [1.54, 1.807) is 0 Å². The summed E-state index contributed by atoms with van der Waals surface area (Å²) in [5.41, 5.74) is 2.82. The minimum absolute atomic E-state index is 0.0854. The number of carboxylic acid groups (broad SMARTS) is 2. The van der Waals surface area contributed by atoms with Crippen molar-refractivity contribution < 1.29 is 57.6 Å². The van der Waals surface area contributed by atoms with Crippen LogP contribution in [0.1, 0.15) is 22.3 Å². The Hall–Kier alpha value is -3.92. The molecule has 2 heterocycles. The zero-order chi connectivity index (χ0) is 28.5. The van der Waals surface area contributed by atoms with Crippen LogP contribution in [0.5, 0.6) is 0 Å². The van der Waals surface area contributed by atoms with Crippen LogP contribution in [0.25, 0.3) is 0 Å². The highest BCUT2D eigenvalue weighted by molar-refractivity contribution is 5.70. The van der Waals surface area contributed by atoms with Gasteiger partial charge in [-0.25, -0.2) is 0 Å². The second-order valence-corrected chi connectivity index (χ2v) is 8.57. The number of carbonyl (C=O) groups excluding carboxylic acids is 2. The number of halogens is 6. The minimum Gasteiger partial charge on any atom is -0.544 e. The fourth-order valence-electron chi connectivity index (χ4n) is 3.37. The van der Waals surface area contributed by atoms with E-state index in [1.807, 2.05) is 0 Å². The number of hydrogen-bond acceptors (Lipinski definition) is 8. The molecule has 2 aliphatic rings. The van der Waals surface area contributed by atoms with E-state index in [9.17, 15) is 46.1 Å². The summed E-state index contributed by atoms with van der Waals surface area (Å²) in [5, 5.41) is 33.3. The SMILES string of the molecule is [NH3+][C@H](Cc1ccc(C2(C(F)(F)F)N=N2)cc1)C(=O)[O-].[NH3+][C@H](Cc1ccc(C2(C(F)(F)F)N=N2)cc1)C(=O)[O-]. The molecule has 2 aliphatic heterocycles. The lowest BCUT2D eigenvalue weighted by atomic mass is 9.99. The van der Waals surface area contributed by atoms with Crippen molar-refractivity contribution in [2.45, 2.75) is 48.6 Å². The molecule has 2 aromatic rings. The third kappa shape index (κ3) is 5.96. The first-order valence-corrected chi connectivity index (χ1v) is 10.8. The molecule has 2 aromatic carbocycles. The molecule has 2 atom stereocenters. The molecule has 4 rings (SSSR count). The van der Waals surface area contributed by atoms with Gasteiger partial charge in [-0.3, -0.25) is 0 Å². The first kappa shape index (κ1) is 28.6. The number of rotatable bonds is 8. The third-order valence-electron chi connectivity index (χ3n) is 5.73. The number of quaternary nitrogens is 2. The fourth-order valence-corrected chi connectivity index (χ4v) is 3.37. The van der Waals surface area contributed by atoms with Crippen molar-refractivity contribution in [2.75, 3.05) is 0 Å². The van der Waals surface area contributed by atoms with Crippen LogP contribution in [0.4, 0.5) is 26.3 Å². The number of hydrogen-bond donors (Lipinski definition) is 2. The first-order valence-electron chi connectivity index (χ1n) is 10.8. The standard InChI is InChI=1S/2C11H10F3N3O2/c2*12-11(13,14)10(16-17-10)7-3-1-6(2-4-7)5-8(15)9(18)19/h2*1-4,8H,5,15H2,(H,18,19)/t2*8-/m11/s1. The Kier molecular flexibility index (Phi) is 7.61. The number of aliphatic carboxylic acids is 2. The number of carbonyl (C=O) groups is 2. The maximum Gasteiger partial charge on any atom is 0.442 e. The Morgan fingerprint density at radius 1 is 0.658 bits per heavy atom. The van der Waals surface area contributed by atoms with Crippen LogP contribution < -0.4 is 21.7 Å². The Labute approximate surface area is 210 Å². The summed E-state index contributed by atoms with van der Waals surface area (Å²) in [5.74, 6) is -2.61. The van der Waals surface area contributed by atoms with Crippen molar-refractivity contribution in [1.82, 2.24) is 0 Å². The third-order valence-corrected chi connectivity index (χ3v) is 5.73. The van der Waals surface area contributed by atoms with Gasteiger partial charge in [0.1, 0.15) is 12.1 Å². The van der Waals surface area contributed by atoms with E-state index in [0.29, 0.717) is 11.1 Å². The lowest BCUT2D eigenvalue weighted by Crippen LogP contribution is -2.69. The fraction of sp³-hybridized carbons (Fsp3) is 0.364. The molecule has 0 aliphatic carbocycles. The molecule has 0 fully saturated rings. The van der Waals surface area contributed by atoms with Gasteiger partial charge in [-0.2, -0.15) is 26.3 Å². The molecule has 0 aromatic heterocycles. The highest BCUT2D eigenvalue weighted by atomic mass is 19.4. The van der Waals surface area contributed by atoms with Crippen LogP contribution in [0, 0.1) is 0 Å². The summed E-state index contributed by atoms with van der Waals surface area (Å²) in [6.07, 6.45) is -8.94. The monoisotopic (exact) mass is 546 g/mol. The number of carboxylic acids is 2. The Morgan fingerprint density at radius 2 is 0.921 bits per heavy atom. The van der Waals surface area contributed by atoms with Gasteiger partial charge in [0.15, 0.2) is 0 Å². The molecular weight excluding hydrogens is 526 g/mol. The summed E-state index contributed by atoms with van der Waals surface area (Å²) in [7, 11) is 0. The molecule has 204 valence electrons. The summed E-state index contributed by atoms with van der Waals surface area (Å²) in [6.45, 7) is 0. The van der Waals surface area contributed by atoms with Crippen molar-refractivity contribution in [1.29, 1.82) is 0 Å². The van der Waals surface area contributed by atoms with Gasteiger partial charge in [-0.15, -0.1) is 20.5 Å². The average molecular weight is 546 g/mol. The van der Waals surface area contributed by atoms with Gasteiger partial charge < -0.3 is 31.3 Å². The molecular formula is C22H20F6N6O4. The Balaban J connectivity index is 0.000000211. The van der Waals surface area contributed by atoms with Crippen LogP contribution in [0.3, 0.4) is 0 Å². The van der Waals surface area contributed by atoms with E-state index >= 15 is 0 Å². The van der Waals surface area contributed by atoms with Gasteiger partial charge in [0.25, 0.3) is 0 Å². The molecule has 38 heavy (non-hydrogen) atoms. The summed E-state index contributed by atoms with van der Waals surface area (Å²) >= 11 is 0. The van der Waals surface area contributed by atoms with E-state index in [2.05, 4.69) is 31.9 Å². The van der Waals surface area contributed by atoms with E-state index in [-0.39, 0.29) is 24.0 Å². The predicted molar refractivity (Wildman–Crippen MR) is 109 cm³/mol. The van der Waals surface area contributed by atoms with E-state index < -0.39 is 47.7 Å². The second-order valence-electron chi connectivity index (χ2n) is 8.57. The zero-order valence-electron chi connectivity index (χ0n) is 19.3. The summed E-state index contributed by atoms with van der Waals surface area (Å²) in [4.78, 5) is 21.0. The quantitative estimate of drug-likeness (QED) is 0.425. The van der Waals surface area contributed by atoms with Crippen LogP contribution in [-0.4, -0.2) is 36.4 Å². The summed E-state index contributed by atoms with van der Waals surface area (Å²) < 4.78 is 76.3. The maximum atomic E-state index is 12.7. The van der Waals surface area contributed by atoms with Gasteiger partial charge >= 0.3 is 23.7 Å². The van der Waals surface area contributed by atoms with Crippen LogP contribution in [0.15, 0.2) is 69.0 Å². The van der Waals surface area contributed by atoms with Crippen molar-refractivity contribution in [2.24, 2.45) is 20.5 Å². The van der Waals surface area contributed by atoms with E-state index in [0.717, 1.165) is 0 Å². The molecule has 0 amide bonds. The van der Waals surface area contributed by atoms with Crippen LogP contribution in [-0.2, 0) is 33.8 Å². The largest absolute Gasteiger partial charge is 0.544 e. The van der Waals surface area contributed by atoms with Crippen molar-refractivity contribution in [3.05, 3.63) is 70.8 Å². The average Bonchev–Trinajstić information content (AvgIpc) is 3.73. The number of nitrogens with zero attached hydrogens (tertiary/aromatic N) is 4. The Bertz CT molecular complexity index is 1140. The van der Waals surface area contributed by atoms with Gasteiger partial charge in [-0.1, -0.05) is 48.5 Å². The molecule has 0 saturated carbocycles. The molecule has 0 bridgehead atoms. The molecule has 6 N–H and O–H groups in total. The van der Waals surface area contributed by atoms with Gasteiger partial charge in [-0.05, 0) is 11.1 Å². The lowest BCUT2D eigenvalue weighted by Gasteiger charge is -2.15. The molecule has 0 unspecified atom stereocenters. The Morgan fingerprint density at radius 3 is 1.11 bits per heavy atom. The van der Waals surface area contributed by atoms with Crippen LogP contribution >= 0.6 is 0 Å². The van der Waals surface area contributed by atoms with Gasteiger partial charge in [0, 0.05) is 24.0 Å². The summed E-state index contributed by atoms with van der Waals surface area (Å²) in [6, 6.07) is 8.71. The molecule has 10 nitrogen and oxygen atoms in total. The topological polar surface area (TPSA) is 185 Å². The number of benzene rings is 2. The highest BCUT2D eigenvalue weighted by Gasteiger charge is 2.65.